The van der Waals surface area contributed by atoms with Gasteiger partial charge in [-0.15, -0.1) is 11.8 Å². The fourth-order valence-corrected chi connectivity index (χ4v) is 2.30. The minimum Gasteiger partial charge on any atom is -0.468 e. The second-order valence-electron chi connectivity index (χ2n) is 4.55. The zero-order valence-corrected chi connectivity index (χ0v) is 13.3. The van der Waals surface area contributed by atoms with Gasteiger partial charge in [0.25, 0.3) is 0 Å². The molecule has 0 aromatic rings. The van der Waals surface area contributed by atoms with Crippen LogP contribution in [0, 0.1) is 5.92 Å². The molecule has 2 atom stereocenters. The Balaban J connectivity index is 4.04. The van der Waals surface area contributed by atoms with Crippen LogP contribution in [-0.4, -0.2) is 37.2 Å². The van der Waals surface area contributed by atoms with Gasteiger partial charge in [-0.25, -0.2) is 0 Å². The Morgan fingerprint density at radius 2 is 1.95 bits per heavy atom. The quantitative estimate of drug-likeness (QED) is 0.579. The van der Waals surface area contributed by atoms with Gasteiger partial charge in [-0.05, 0) is 18.6 Å². The fourth-order valence-electron chi connectivity index (χ4n) is 1.71. The number of esters is 2. The van der Waals surface area contributed by atoms with Gasteiger partial charge in [0.15, 0.2) is 0 Å². The van der Waals surface area contributed by atoms with Crippen molar-refractivity contribution in [2.75, 3.05) is 20.0 Å². The Hall–Kier alpha value is -0.710. The van der Waals surface area contributed by atoms with E-state index < -0.39 is 5.25 Å². The highest BCUT2D eigenvalue weighted by molar-refractivity contribution is 7.99. The molecule has 0 aliphatic heterocycles. The van der Waals surface area contributed by atoms with E-state index in [4.69, 9.17) is 4.74 Å². The highest BCUT2D eigenvalue weighted by atomic mass is 32.2. The molecule has 112 valence electrons. The van der Waals surface area contributed by atoms with Crippen molar-refractivity contribution in [1.82, 2.24) is 0 Å². The molecular weight excluding hydrogens is 264 g/mol. The molecular formula is C14H26O4S. The second-order valence-corrected chi connectivity index (χ2v) is 5.59. The molecule has 0 saturated carbocycles. The molecule has 0 saturated heterocycles. The molecule has 2 unspecified atom stereocenters. The van der Waals surface area contributed by atoms with Crippen molar-refractivity contribution in [2.24, 2.45) is 5.92 Å². The Morgan fingerprint density at radius 1 is 1.26 bits per heavy atom. The van der Waals surface area contributed by atoms with E-state index in [9.17, 15) is 9.59 Å². The zero-order valence-electron chi connectivity index (χ0n) is 12.4. The lowest BCUT2D eigenvalue weighted by atomic mass is 10.0. The first kappa shape index (κ1) is 18.3. The highest BCUT2D eigenvalue weighted by Crippen LogP contribution is 2.16. The van der Waals surface area contributed by atoms with Gasteiger partial charge in [0.2, 0.25) is 0 Å². The van der Waals surface area contributed by atoms with Crippen LogP contribution in [0.3, 0.4) is 0 Å². The van der Waals surface area contributed by atoms with E-state index in [2.05, 4.69) is 18.6 Å². The molecule has 0 bridgehead atoms. The van der Waals surface area contributed by atoms with Crippen LogP contribution in [0.15, 0.2) is 0 Å². The second kappa shape index (κ2) is 11.1. The van der Waals surface area contributed by atoms with Crippen LogP contribution in [0.4, 0.5) is 0 Å². The first-order valence-corrected chi connectivity index (χ1v) is 8.13. The van der Waals surface area contributed by atoms with E-state index in [0.29, 0.717) is 12.5 Å². The zero-order chi connectivity index (χ0) is 14.7. The lowest BCUT2D eigenvalue weighted by molar-refractivity contribution is -0.149. The molecule has 0 aliphatic rings. The molecule has 0 fully saturated rings. The third-order valence-electron chi connectivity index (χ3n) is 3.12. The van der Waals surface area contributed by atoms with Gasteiger partial charge in [0.1, 0.15) is 5.25 Å². The summed E-state index contributed by atoms with van der Waals surface area (Å²) in [5.74, 6) is -0.267. The fraction of sp³-hybridized carbons (Fsp3) is 0.857. The van der Waals surface area contributed by atoms with Crippen LogP contribution < -0.4 is 0 Å². The molecule has 0 rings (SSSR count). The van der Waals surface area contributed by atoms with Crippen LogP contribution >= 0.6 is 11.8 Å². The lowest BCUT2D eigenvalue weighted by Gasteiger charge is -2.16. The molecule has 0 spiro atoms. The highest BCUT2D eigenvalue weighted by Gasteiger charge is 2.22. The smallest absolute Gasteiger partial charge is 0.319 e. The first-order chi connectivity index (χ1) is 9.08. The summed E-state index contributed by atoms with van der Waals surface area (Å²) in [5, 5.41) is -0.465. The number of unbranched alkanes of at least 4 members (excludes halogenated alkanes) is 1. The topological polar surface area (TPSA) is 52.6 Å². The molecule has 0 amide bonds. The average Bonchev–Trinajstić information content (AvgIpc) is 2.44. The molecule has 19 heavy (non-hydrogen) atoms. The summed E-state index contributed by atoms with van der Waals surface area (Å²) in [6, 6.07) is 0. The third kappa shape index (κ3) is 8.14. The van der Waals surface area contributed by atoms with Crippen LogP contribution in [0.1, 0.15) is 46.0 Å². The largest absolute Gasteiger partial charge is 0.468 e. The Bertz CT molecular complexity index is 268. The molecule has 0 radical (unpaired) electrons. The number of rotatable bonds is 10. The van der Waals surface area contributed by atoms with E-state index >= 15 is 0 Å². The van der Waals surface area contributed by atoms with Crippen molar-refractivity contribution in [2.45, 2.75) is 51.2 Å². The van der Waals surface area contributed by atoms with E-state index in [0.717, 1.165) is 25.7 Å². The van der Waals surface area contributed by atoms with Gasteiger partial charge >= 0.3 is 11.9 Å². The number of thioether (sulfide) groups is 1. The van der Waals surface area contributed by atoms with Gasteiger partial charge in [0, 0.05) is 0 Å². The summed E-state index contributed by atoms with van der Waals surface area (Å²) in [5.41, 5.74) is 0. The van der Waals surface area contributed by atoms with Gasteiger partial charge in [-0.2, -0.15) is 0 Å². The van der Waals surface area contributed by atoms with Crippen molar-refractivity contribution in [3.05, 3.63) is 0 Å². The number of hydrogen-bond donors (Lipinski definition) is 0. The summed E-state index contributed by atoms with van der Waals surface area (Å²) in [4.78, 5) is 23.0. The Morgan fingerprint density at radius 3 is 2.42 bits per heavy atom. The molecule has 0 N–H and O–H groups in total. The Kier molecular flexibility index (Phi) is 10.7. The maximum Gasteiger partial charge on any atom is 0.319 e. The summed E-state index contributed by atoms with van der Waals surface area (Å²) in [6.45, 7) is 4.71. The Labute approximate surface area is 120 Å². The van der Waals surface area contributed by atoms with Crippen LogP contribution in [-0.2, 0) is 19.1 Å². The van der Waals surface area contributed by atoms with Gasteiger partial charge in [-0.3, -0.25) is 9.59 Å². The minimum atomic E-state index is -0.465. The van der Waals surface area contributed by atoms with E-state index in [1.807, 2.05) is 0 Å². The molecule has 0 aromatic heterocycles. The van der Waals surface area contributed by atoms with Crippen LogP contribution in [0.5, 0.6) is 0 Å². The number of hydrogen-bond acceptors (Lipinski definition) is 5. The van der Waals surface area contributed by atoms with Crippen molar-refractivity contribution in [3.8, 4) is 0 Å². The summed E-state index contributed by atoms with van der Waals surface area (Å²) in [6.07, 6.45) is 6.27. The lowest BCUT2D eigenvalue weighted by Crippen LogP contribution is -2.24. The van der Waals surface area contributed by atoms with Crippen molar-refractivity contribution < 1.29 is 19.1 Å². The van der Waals surface area contributed by atoms with Crippen molar-refractivity contribution in [3.63, 3.8) is 0 Å². The summed E-state index contributed by atoms with van der Waals surface area (Å²) >= 11 is 1.31. The van der Waals surface area contributed by atoms with Crippen molar-refractivity contribution >= 4 is 23.7 Å². The number of ether oxygens (including phenoxy) is 2. The first-order valence-electron chi connectivity index (χ1n) is 6.85. The standard InChI is InChI=1S/C14H26O4S/c1-5-7-8-11(6-2)10-18-13(15)9-12(19-4)14(16)17-3/h11-12H,5-10H2,1-4H3. The van der Waals surface area contributed by atoms with Crippen LogP contribution in [0.25, 0.3) is 0 Å². The SMILES string of the molecule is CCCCC(CC)COC(=O)CC(SC)C(=O)OC. The normalized spacial score (nSPS) is 13.7. The molecule has 0 heterocycles. The molecule has 0 aromatic carbocycles. The van der Waals surface area contributed by atoms with Gasteiger partial charge < -0.3 is 9.47 Å². The number of carbonyl (C=O) groups is 2. The number of methoxy groups -OCH3 is 1. The van der Waals surface area contributed by atoms with E-state index in [1.165, 1.54) is 18.9 Å². The molecule has 4 nitrogen and oxygen atoms in total. The van der Waals surface area contributed by atoms with Crippen molar-refractivity contribution in [1.29, 1.82) is 0 Å². The third-order valence-corrected chi connectivity index (χ3v) is 4.05. The van der Waals surface area contributed by atoms with Gasteiger partial charge in [0.05, 0.1) is 20.1 Å². The predicted molar refractivity (Wildman–Crippen MR) is 78.2 cm³/mol. The maximum atomic E-state index is 11.7. The number of carbonyl (C=O) groups excluding carboxylic acids is 2. The molecule has 0 aliphatic carbocycles. The summed E-state index contributed by atoms with van der Waals surface area (Å²) in [7, 11) is 1.33. The molecule has 5 heteroatoms. The van der Waals surface area contributed by atoms with E-state index in [1.54, 1.807) is 6.26 Å². The predicted octanol–water partition coefficient (Wildman–Crippen LogP) is 3.04. The van der Waals surface area contributed by atoms with Crippen LogP contribution in [0.2, 0.25) is 0 Å². The van der Waals surface area contributed by atoms with E-state index in [-0.39, 0.29) is 18.4 Å². The maximum absolute atomic E-state index is 11.7. The van der Waals surface area contributed by atoms with Gasteiger partial charge in [-0.1, -0.05) is 33.1 Å². The minimum absolute atomic E-state index is 0.0814. The summed E-state index contributed by atoms with van der Waals surface area (Å²) < 4.78 is 9.90. The average molecular weight is 290 g/mol. The monoisotopic (exact) mass is 290 g/mol.